The van der Waals surface area contributed by atoms with E-state index in [1.165, 1.54) is 11.9 Å². The molecule has 0 unspecified atom stereocenters. The van der Waals surface area contributed by atoms with Gasteiger partial charge in [0.1, 0.15) is 12.8 Å². The molecule has 4 heterocycles. The van der Waals surface area contributed by atoms with Crippen LogP contribution in [0.2, 0.25) is 0 Å². The van der Waals surface area contributed by atoms with Gasteiger partial charge in [-0.25, -0.2) is 20.0 Å². The second-order valence-electron chi connectivity index (χ2n) is 8.86. The van der Waals surface area contributed by atoms with Crippen molar-refractivity contribution in [1.29, 1.82) is 0 Å². The molecule has 8 nitrogen and oxygen atoms in total. The van der Waals surface area contributed by atoms with E-state index in [0.29, 0.717) is 12.6 Å². The molecule has 158 valence electrons. The molecular weight excluding hydrogens is 376 g/mol. The maximum Gasteiger partial charge on any atom is 0.216 e. The lowest BCUT2D eigenvalue weighted by Gasteiger charge is -2.47. The zero-order valence-electron chi connectivity index (χ0n) is 17.6. The lowest BCUT2D eigenvalue weighted by Crippen LogP contribution is -2.63. The maximum absolute atomic E-state index is 5.07. The van der Waals surface area contributed by atoms with Crippen LogP contribution in [0.15, 0.2) is 41.4 Å². The molecule has 3 aliphatic heterocycles. The molecule has 6 rings (SSSR count). The summed E-state index contributed by atoms with van der Waals surface area (Å²) in [6.45, 7) is 5.80. The summed E-state index contributed by atoms with van der Waals surface area (Å²) in [6, 6.07) is 8.52. The fraction of sp³-hybridized carbons (Fsp3) is 0.545. The highest BCUT2D eigenvalue weighted by Gasteiger charge is 2.39. The van der Waals surface area contributed by atoms with Crippen LogP contribution in [0.3, 0.4) is 0 Å². The fourth-order valence-electron chi connectivity index (χ4n) is 5.17. The van der Waals surface area contributed by atoms with Gasteiger partial charge in [-0.1, -0.05) is 24.3 Å². The number of allylic oxidation sites excluding steroid dienone is 2. The Labute approximate surface area is 177 Å². The zero-order chi connectivity index (χ0) is 20.1. The Bertz CT molecular complexity index is 986. The third kappa shape index (κ3) is 3.02. The van der Waals surface area contributed by atoms with Gasteiger partial charge in [-0.3, -0.25) is 9.47 Å². The average Bonchev–Trinajstić information content (AvgIpc) is 3.19. The normalized spacial score (nSPS) is 28.2. The number of guanidine groups is 1. The van der Waals surface area contributed by atoms with Crippen LogP contribution in [0.5, 0.6) is 0 Å². The van der Waals surface area contributed by atoms with E-state index in [9.17, 15) is 0 Å². The second-order valence-corrected chi connectivity index (χ2v) is 8.86. The molecule has 2 atom stereocenters. The maximum atomic E-state index is 5.07. The van der Waals surface area contributed by atoms with E-state index in [1.807, 2.05) is 0 Å². The Balaban J connectivity index is 1.37. The Kier molecular flexibility index (Phi) is 4.51. The number of aromatic nitrogens is 2. The van der Waals surface area contributed by atoms with Crippen molar-refractivity contribution in [3.63, 3.8) is 0 Å². The van der Waals surface area contributed by atoms with Gasteiger partial charge in [0.05, 0.1) is 17.7 Å². The minimum Gasteiger partial charge on any atom is -0.335 e. The van der Waals surface area contributed by atoms with Gasteiger partial charge in [-0.2, -0.15) is 0 Å². The first-order valence-electron chi connectivity index (χ1n) is 11.2. The van der Waals surface area contributed by atoms with Gasteiger partial charge in [0.25, 0.3) is 0 Å². The van der Waals surface area contributed by atoms with Crippen molar-refractivity contribution in [3.05, 3.63) is 36.4 Å². The van der Waals surface area contributed by atoms with Crippen LogP contribution in [0.25, 0.3) is 11.0 Å². The van der Waals surface area contributed by atoms with E-state index >= 15 is 0 Å². The predicted octanol–water partition coefficient (Wildman–Crippen LogP) is 2.05. The monoisotopic (exact) mass is 406 g/mol. The van der Waals surface area contributed by atoms with Gasteiger partial charge < -0.3 is 10.2 Å². The molecule has 1 saturated heterocycles. The van der Waals surface area contributed by atoms with Crippen LogP contribution in [-0.4, -0.2) is 77.0 Å². The molecule has 8 heteroatoms. The second kappa shape index (κ2) is 7.37. The van der Waals surface area contributed by atoms with Crippen LogP contribution in [0.4, 0.5) is 5.95 Å². The molecule has 0 saturated carbocycles. The van der Waals surface area contributed by atoms with Gasteiger partial charge in [-0.15, -0.1) is 0 Å². The number of hydrogen-bond acceptors (Lipinski definition) is 7. The number of benzene rings is 1. The lowest BCUT2D eigenvalue weighted by molar-refractivity contribution is -0.0530. The molecule has 4 aliphatic rings. The molecular formula is C22H30N8. The van der Waals surface area contributed by atoms with Gasteiger partial charge in [-0.05, 0) is 38.4 Å². The number of hydrazine groups is 1. The molecule has 0 spiro atoms. The van der Waals surface area contributed by atoms with Crippen LogP contribution < -0.4 is 10.2 Å². The molecule has 2 aromatic rings. The van der Waals surface area contributed by atoms with Crippen molar-refractivity contribution in [2.45, 2.75) is 25.4 Å². The van der Waals surface area contributed by atoms with E-state index in [1.54, 1.807) is 0 Å². The number of nitrogens with one attached hydrogen (secondary N) is 1. The van der Waals surface area contributed by atoms with E-state index in [-0.39, 0.29) is 6.17 Å². The Hall–Kier alpha value is -2.42. The highest BCUT2D eigenvalue weighted by Crippen LogP contribution is 2.37. The number of rotatable bonds is 2. The summed E-state index contributed by atoms with van der Waals surface area (Å²) in [6.07, 6.45) is 8.29. The number of anilines is 1. The van der Waals surface area contributed by atoms with Gasteiger partial charge in [0.2, 0.25) is 11.9 Å². The van der Waals surface area contributed by atoms with Gasteiger partial charge in [0.15, 0.2) is 0 Å². The van der Waals surface area contributed by atoms with E-state index in [4.69, 9.17) is 9.98 Å². The molecule has 0 amide bonds. The largest absolute Gasteiger partial charge is 0.335 e. The number of hydrogen-bond donors (Lipinski definition) is 1. The van der Waals surface area contributed by atoms with E-state index < -0.39 is 0 Å². The molecule has 30 heavy (non-hydrogen) atoms. The average molecular weight is 407 g/mol. The van der Waals surface area contributed by atoms with Crippen LogP contribution in [0.1, 0.15) is 25.4 Å². The standard InChI is InChI=1S/C22H30N8/c1-26-11-13-27(14-12-26)28-15-23-21-25-20(17-7-3-2-4-8-17)30-19-10-6-5-9-18(19)24-22(30)29(21)16-28/h2-3,5-6,9-10,17,20H,4,7-8,11-16H2,1H3,(H,23,25)/t17-,20+/m0/s1. The number of para-hydroxylation sites is 2. The molecule has 1 fully saturated rings. The number of piperazine rings is 1. The molecule has 1 aliphatic carbocycles. The molecule has 0 bridgehead atoms. The minimum atomic E-state index is 0.197. The van der Waals surface area contributed by atoms with Crippen molar-refractivity contribution < 1.29 is 0 Å². The number of nitrogens with zero attached hydrogens (tertiary/aromatic N) is 7. The van der Waals surface area contributed by atoms with Gasteiger partial charge in [0, 0.05) is 32.1 Å². The van der Waals surface area contributed by atoms with E-state index in [2.05, 4.69) is 73.2 Å². The van der Waals surface area contributed by atoms with E-state index in [0.717, 1.165) is 63.1 Å². The summed E-state index contributed by atoms with van der Waals surface area (Å²) < 4.78 is 2.42. The highest BCUT2D eigenvalue weighted by molar-refractivity contribution is 5.98. The highest BCUT2D eigenvalue weighted by atomic mass is 15.7. The fourth-order valence-corrected chi connectivity index (χ4v) is 5.17. The first-order chi connectivity index (χ1) is 14.8. The summed E-state index contributed by atoms with van der Waals surface area (Å²) in [5.41, 5.74) is 2.26. The minimum absolute atomic E-state index is 0.197. The Morgan fingerprint density at radius 2 is 1.90 bits per heavy atom. The van der Waals surface area contributed by atoms with Crippen LogP contribution in [-0.2, 0) is 0 Å². The van der Waals surface area contributed by atoms with Crippen molar-refractivity contribution in [2.24, 2.45) is 10.9 Å². The third-order valence-electron chi connectivity index (χ3n) is 6.95. The van der Waals surface area contributed by atoms with Crippen molar-refractivity contribution in [1.82, 2.24) is 29.8 Å². The quantitative estimate of drug-likeness (QED) is 0.771. The molecule has 1 aromatic heterocycles. The summed E-state index contributed by atoms with van der Waals surface area (Å²) in [7, 11) is 2.20. The third-order valence-corrected chi connectivity index (χ3v) is 6.95. The molecule has 1 aromatic carbocycles. The molecule has 0 radical (unpaired) electrons. The summed E-state index contributed by atoms with van der Waals surface area (Å²) in [5, 5.41) is 8.62. The zero-order valence-corrected chi connectivity index (χ0v) is 17.6. The SMILES string of the molecule is CN1CCN(N2CN=C3N[C@@H]([C@H]4CC=CCC4)n4c(nc5ccccc54)N3C2)CC1. The van der Waals surface area contributed by atoms with Crippen LogP contribution >= 0.6 is 0 Å². The summed E-state index contributed by atoms with van der Waals surface area (Å²) >= 11 is 0. The first-order valence-corrected chi connectivity index (χ1v) is 11.2. The lowest BCUT2D eigenvalue weighted by atomic mass is 9.91. The number of fused-ring (bicyclic) bond motifs is 5. The first kappa shape index (κ1) is 18.4. The van der Waals surface area contributed by atoms with Gasteiger partial charge >= 0.3 is 0 Å². The predicted molar refractivity (Wildman–Crippen MR) is 119 cm³/mol. The number of imidazole rings is 1. The Morgan fingerprint density at radius 3 is 2.73 bits per heavy atom. The number of aliphatic imine (C=N–C) groups is 1. The van der Waals surface area contributed by atoms with Crippen LogP contribution in [0, 0.1) is 5.92 Å². The summed E-state index contributed by atoms with van der Waals surface area (Å²) in [4.78, 5) is 14.7. The summed E-state index contributed by atoms with van der Waals surface area (Å²) in [5.74, 6) is 2.54. The smallest absolute Gasteiger partial charge is 0.216 e. The topological polar surface area (TPSA) is 55.2 Å². The van der Waals surface area contributed by atoms with Crippen molar-refractivity contribution in [2.75, 3.05) is 51.5 Å². The van der Waals surface area contributed by atoms with Crippen molar-refractivity contribution >= 4 is 22.9 Å². The number of likely N-dealkylation sites (N-methyl/N-ethyl adjacent to an activating group) is 1. The molecule has 1 N–H and O–H groups in total. The Morgan fingerprint density at radius 1 is 1.03 bits per heavy atom. The van der Waals surface area contributed by atoms with Crippen molar-refractivity contribution in [3.8, 4) is 0 Å².